The number of nitrogens with one attached hydrogen (secondary N) is 1. The third-order valence-electron chi connectivity index (χ3n) is 4.86. The number of nitrogens with zero attached hydrogens (tertiary/aromatic N) is 1. The lowest BCUT2D eigenvalue weighted by Crippen LogP contribution is -2.29. The number of rotatable bonds is 10. The van der Waals surface area contributed by atoms with Gasteiger partial charge in [-0.05, 0) is 61.2 Å². The Kier molecular flexibility index (Phi) is 11.8. The topological polar surface area (TPSA) is 52.6 Å². The predicted octanol–water partition coefficient (Wildman–Crippen LogP) is 5.80. The van der Waals surface area contributed by atoms with E-state index in [9.17, 15) is 13.6 Å². The summed E-state index contributed by atoms with van der Waals surface area (Å²) < 4.78 is 25.5. The van der Waals surface area contributed by atoms with Gasteiger partial charge >= 0.3 is 6.09 Å². The molecule has 6 heteroatoms. The average Bonchev–Trinajstić information content (AvgIpc) is 2.75. The molecular formula is C25H32F2N2O2. The van der Waals surface area contributed by atoms with Crippen LogP contribution in [-0.4, -0.2) is 43.3 Å². The van der Waals surface area contributed by atoms with E-state index in [1.54, 1.807) is 18.2 Å². The highest BCUT2D eigenvalue weighted by Crippen LogP contribution is 2.22. The standard InChI is InChI=1S/C13H16FNO2.C12H16FN/c1-3-4-11(9-15(2)13(16)17)10-5-7-12(14)8-6-10;1-3-4-11(9-14-2)10-5-7-12(13)8-6-10/h3,5-8,11H,1,4,9H2,2H3,(H,16,17);3,5-8,11,14H,1,4,9H2,2H3/t2*11-/m11/s1. The van der Waals surface area contributed by atoms with E-state index in [-0.39, 0.29) is 17.6 Å². The fourth-order valence-corrected chi connectivity index (χ4v) is 3.18. The van der Waals surface area contributed by atoms with Crippen LogP contribution in [-0.2, 0) is 0 Å². The summed E-state index contributed by atoms with van der Waals surface area (Å²) >= 11 is 0. The van der Waals surface area contributed by atoms with Crippen molar-refractivity contribution in [2.24, 2.45) is 0 Å². The van der Waals surface area contributed by atoms with Gasteiger partial charge in [0.05, 0.1) is 0 Å². The second kappa shape index (κ2) is 14.1. The lowest BCUT2D eigenvalue weighted by molar-refractivity contribution is 0.153. The third-order valence-corrected chi connectivity index (χ3v) is 4.86. The molecule has 0 aromatic heterocycles. The summed E-state index contributed by atoms with van der Waals surface area (Å²) in [7, 11) is 3.43. The van der Waals surface area contributed by atoms with Crippen molar-refractivity contribution in [3.05, 3.63) is 96.6 Å². The van der Waals surface area contributed by atoms with Crippen LogP contribution in [0.5, 0.6) is 0 Å². The normalized spacial score (nSPS) is 12.1. The van der Waals surface area contributed by atoms with Crippen molar-refractivity contribution in [2.45, 2.75) is 24.7 Å². The Morgan fingerprint density at radius 3 is 1.77 bits per heavy atom. The molecule has 0 aliphatic rings. The Hall–Kier alpha value is -2.99. The molecule has 0 unspecified atom stereocenters. The van der Waals surface area contributed by atoms with Crippen molar-refractivity contribution >= 4 is 6.09 Å². The number of allylic oxidation sites excluding steroid dienone is 2. The van der Waals surface area contributed by atoms with Crippen LogP contribution in [0.3, 0.4) is 0 Å². The highest BCUT2D eigenvalue weighted by Gasteiger charge is 2.15. The molecule has 2 aromatic rings. The van der Waals surface area contributed by atoms with Gasteiger partial charge in [0, 0.05) is 26.1 Å². The van der Waals surface area contributed by atoms with Gasteiger partial charge in [-0.3, -0.25) is 0 Å². The monoisotopic (exact) mass is 430 g/mol. The van der Waals surface area contributed by atoms with Gasteiger partial charge in [0.25, 0.3) is 0 Å². The Morgan fingerprint density at radius 1 is 0.968 bits per heavy atom. The van der Waals surface area contributed by atoms with Crippen LogP contribution in [0.4, 0.5) is 13.6 Å². The molecule has 2 aromatic carbocycles. The van der Waals surface area contributed by atoms with Gasteiger partial charge in [-0.15, -0.1) is 13.2 Å². The first-order chi connectivity index (χ1) is 14.8. The third kappa shape index (κ3) is 9.57. The highest BCUT2D eigenvalue weighted by molar-refractivity contribution is 5.64. The molecule has 0 heterocycles. The van der Waals surface area contributed by atoms with Crippen molar-refractivity contribution in [2.75, 3.05) is 27.2 Å². The number of carboxylic acid groups (broad SMARTS) is 1. The Labute approximate surface area is 183 Å². The molecule has 0 aliphatic carbocycles. The minimum atomic E-state index is -0.971. The van der Waals surface area contributed by atoms with Gasteiger partial charge in [0.15, 0.2) is 0 Å². The fraction of sp³-hybridized carbons (Fsp3) is 0.320. The Bertz CT molecular complexity index is 807. The summed E-state index contributed by atoms with van der Waals surface area (Å²) in [5.74, 6) is -0.0828. The number of likely N-dealkylation sites (N-methyl/N-ethyl adjacent to an activating group) is 2. The second-order valence-corrected chi connectivity index (χ2v) is 7.27. The number of halogens is 2. The minimum absolute atomic E-state index is 0.00852. The fourth-order valence-electron chi connectivity index (χ4n) is 3.18. The molecule has 0 saturated heterocycles. The van der Waals surface area contributed by atoms with Crippen molar-refractivity contribution in [1.29, 1.82) is 0 Å². The molecule has 2 N–H and O–H groups in total. The number of carbonyl (C=O) groups is 1. The molecule has 4 nitrogen and oxygen atoms in total. The van der Waals surface area contributed by atoms with Crippen molar-refractivity contribution in [1.82, 2.24) is 10.2 Å². The van der Waals surface area contributed by atoms with Crippen LogP contribution in [0.1, 0.15) is 35.8 Å². The minimum Gasteiger partial charge on any atom is -0.465 e. The molecule has 31 heavy (non-hydrogen) atoms. The van der Waals surface area contributed by atoms with Crippen LogP contribution in [0.2, 0.25) is 0 Å². The van der Waals surface area contributed by atoms with Crippen molar-refractivity contribution in [3.63, 3.8) is 0 Å². The maximum absolute atomic E-state index is 12.8. The van der Waals surface area contributed by atoms with E-state index in [2.05, 4.69) is 18.5 Å². The smallest absolute Gasteiger partial charge is 0.407 e. The van der Waals surface area contributed by atoms with Gasteiger partial charge < -0.3 is 15.3 Å². The molecule has 0 bridgehead atoms. The summed E-state index contributed by atoms with van der Waals surface area (Å²) in [6.45, 7) is 8.63. The first kappa shape index (κ1) is 26.0. The molecular weight excluding hydrogens is 398 g/mol. The van der Waals surface area contributed by atoms with Gasteiger partial charge in [0.2, 0.25) is 0 Å². The molecule has 0 spiro atoms. The number of amides is 1. The molecule has 0 fully saturated rings. The zero-order valence-electron chi connectivity index (χ0n) is 18.2. The lowest BCUT2D eigenvalue weighted by atomic mass is 9.95. The molecule has 1 amide bonds. The summed E-state index contributed by atoms with van der Waals surface area (Å²) in [5.41, 5.74) is 2.07. The maximum atomic E-state index is 12.8. The molecule has 2 rings (SSSR count). The van der Waals surface area contributed by atoms with E-state index in [4.69, 9.17) is 5.11 Å². The first-order valence-electron chi connectivity index (χ1n) is 10.1. The number of benzene rings is 2. The van der Waals surface area contributed by atoms with Crippen LogP contribution in [0.15, 0.2) is 73.8 Å². The van der Waals surface area contributed by atoms with E-state index in [0.29, 0.717) is 18.9 Å². The van der Waals surface area contributed by atoms with Crippen molar-refractivity contribution < 1.29 is 18.7 Å². The average molecular weight is 431 g/mol. The summed E-state index contributed by atoms with van der Waals surface area (Å²) in [6.07, 6.45) is 4.23. The lowest BCUT2D eigenvalue weighted by Gasteiger charge is -2.21. The summed E-state index contributed by atoms with van der Waals surface area (Å²) in [6, 6.07) is 12.8. The molecule has 0 aliphatic heterocycles. The largest absolute Gasteiger partial charge is 0.465 e. The number of hydrogen-bond acceptors (Lipinski definition) is 2. The van der Waals surface area contributed by atoms with Gasteiger partial charge in [0.1, 0.15) is 11.6 Å². The van der Waals surface area contributed by atoms with Crippen LogP contribution >= 0.6 is 0 Å². The van der Waals surface area contributed by atoms with Crippen LogP contribution in [0, 0.1) is 11.6 Å². The summed E-state index contributed by atoms with van der Waals surface area (Å²) in [5, 5.41) is 12.0. The van der Waals surface area contributed by atoms with E-state index >= 15 is 0 Å². The quantitative estimate of drug-likeness (QED) is 0.469. The second-order valence-electron chi connectivity index (χ2n) is 7.27. The van der Waals surface area contributed by atoms with E-state index in [1.165, 1.54) is 36.2 Å². The molecule has 168 valence electrons. The Balaban J connectivity index is 0.000000316. The van der Waals surface area contributed by atoms with Crippen LogP contribution in [0.25, 0.3) is 0 Å². The van der Waals surface area contributed by atoms with E-state index in [1.807, 2.05) is 25.3 Å². The molecule has 2 atom stereocenters. The summed E-state index contributed by atoms with van der Waals surface area (Å²) in [4.78, 5) is 12.0. The van der Waals surface area contributed by atoms with Gasteiger partial charge in [-0.2, -0.15) is 0 Å². The van der Waals surface area contributed by atoms with Crippen LogP contribution < -0.4 is 5.32 Å². The maximum Gasteiger partial charge on any atom is 0.407 e. The first-order valence-corrected chi connectivity index (χ1v) is 10.1. The van der Waals surface area contributed by atoms with E-state index < -0.39 is 6.09 Å². The zero-order valence-corrected chi connectivity index (χ0v) is 18.2. The predicted molar refractivity (Wildman–Crippen MR) is 122 cm³/mol. The zero-order chi connectivity index (χ0) is 23.2. The number of hydrogen-bond donors (Lipinski definition) is 2. The van der Waals surface area contributed by atoms with E-state index in [0.717, 1.165) is 24.1 Å². The highest BCUT2D eigenvalue weighted by atomic mass is 19.1. The SMILES string of the molecule is C=CC[C@H](CN(C)C(=O)O)c1ccc(F)cc1.C=CC[C@H](CNC)c1ccc(F)cc1. The van der Waals surface area contributed by atoms with Gasteiger partial charge in [-0.25, -0.2) is 13.6 Å². The van der Waals surface area contributed by atoms with Crippen molar-refractivity contribution in [3.8, 4) is 0 Å². The Morgan fingerprint density at radius 2 is 1.39 bits per heavy atom. The van der Waals surface area contributed by atoms with Gasteiger partial charge in [-0.1, -0.05) is 36.4 Å². The molecule has 0 saturated carbocycles. The molecule has 0 radical (unpaired) electrons.